The van der Waals surface area contributed by atoms with Crippen molar-refractivity contribution in [3.63, 3.8) is 0 Å². The number of aromatic nitrogens is 3. The Morgan fingerprint density at radius 3 is 2.77 bits per heavy atom. The number of carbonyl (C=O) groups excluding carboxylic acids is 1. The first-order chi connectivity index (χ1) is 12.6. The van der Waals surface area contributed by atoms with Crippen LogP contribution in [0.2, 0.25) is 5.02 Å². The number of hydrogen-bond donors (Lipinski definition) is 2. The highest BCUT2D eigenvalue weighted by Gasteiger charge is 2.08. The number of hydrogen-bond acceptors (Lipinski definition) is 7. The summed E-state index contributed by atoms with van der Waals surface area (Å²) in [6.45, 7) is 1.90. The van der Waals surface area contributed by atoms with Gasteiger partial charge in [0, 0.05) is 16.4 Å². The number of benzene rings is 2. The first kappa shape index (κ1) is 17.6. The summed E-state index contributed by atoms with van der Waals surface area (Å²) in [4.78, 5) is 16.0. The Labute approximate surface area is 155 Å². The molecule has 0 saturated heterocycles. The average molecular weight is 370 g/mol. The molecule has 0 aliphatic heterocycles. The molecule has 0 fully saturated rings. The Morgan fingerprint density at radius 2 is 1.96 bits per heavy atom. The average Bonchev–Trinajstić information content (AvgIpc) is 2.65. The van der Waals surface area contributed by atoms with Gasteiger partial charge in [0.15, 0.2) is 5.82 Å². The Bertz CT molecular complexity index is 948. The lowest BCUT2D eigenvalue weighted by atomic mass is 10.2. The Balaban J connectivity index is 1.80. The summed E-state index contributed by atoms with van der Waals surface area (Å²) in [6.07, 6.45) is 1.49. The number of methoxy groups -OCH3 is 1. The molecule has 0 radical (unpaired) electrons. The molecule has 0 bridgehead atoms. The molecule has 2 aromatic carbocycles. The summed E-state index contributed by atoms with van der Waals surface area (Å²) in [5, 5.41) is 14.7. The van der Waals surface area contributed by atoms with Gasteiger partial charge in [-0.05, 0) is 42.8 Å². The molecule has 0 aliphatic carbocycles. The summed E-state index contributed by atoms with van der Waals surface area (Å²) in [5.74, 6) is 0.391. The standard InChI is InChI=1S/C18H16ClN5O2/c1-11-14(19)7-4-8-15(11)22-18-23-16(10-20-24-18)21-13-6-3-5-12(9-13)17(25)26-2/h3-10H,1-2H3,(H2,21,22,23,24). The van der Waals surface area contributed by atoms with Crippen molar-refractivity contribution in [2.24, 2.45) is 0 Å². The Kier molecular flexibility index (Phi) is 5.28. The third kappa shape index (κ3) is 4.07. The smallest absolute Gasteiger partial charge is 0.337 e. The molecular formula is C18H16ClN5O2. The van der Waals surface area contributed by atoms with E-state index in [0.29, 0.717) is 28.0 Å². The van der Waals surface area contributed by atoms with Crippen molar-refractivity contribution in [2.45, 2.75) is 6.92 Å². The number of nitrogens with one attached hydrogen (secondary N) is 2. The molecule has 0 atom stereocenters. The second-order valence-corrected chi connectivity index (χ2v) is 5.81. The van der Waals surface area contributed by atoms with Gasteiger partial charge in [0.2, 0.25) is 5.95 Å². The van der Waals surface area contributed by atoms with E-state index in [2.05, 4.69) is 25.8 Å². The fraction of sp³-hybridized carbons (Fsp3) is 0.111. The summed E-state index contributed by atoms with van der Waals surface area (Å²) in [7, 11) is 1.34. The highest BCUT2D eigenvalue weighted by Crippen LogP contribution is 2.25. The maximum atomic E-state index is 11.6. The summed E-state index contributed by atoms with van der Waals surface area (Å²) < 4.78 is 4.72. The Morgan fingerprint density at radius 1 is 1.15 bits per heavy atom. The van der Waals surface area contributed by atoms with E-state index in [9.17, 15) is 4.79 Å². The summed E-state index contributed by atoms with van der Waals surface area (Å²) in [6, 6.07) is 12.4. The second kappa shape index (κ2) is 7.79. The predicted octanol–water partition coefficient (Wildman–Crippen LogP) is 4.11. The van der Waals surface area contributed by atoms with Gasteiger partial charge in [-0.15, -0.1) is 5.10 Å². The van der Waals surface area contributed by atoms with Crippen molar-refractivity contribution < 1.29 is 9.53 Å². The van der Waals surface area contributed by atoms with Gasteiger partial charge in [-0.1, -0.05) is 23.7 Å². The quantitative estimate of drug-likeness (QED) is 0.654. The normalized spacial score (nSPS) is 10.3. The van der Waals surface area contributed by atoms with Crippen LogP contribution in [0.5, 0.6) is 0 Å². The van der Waals surface area contributed by atoms with Crippen LogP contribution in [0.1, 0.15) is 15.9 Å². The van der Waals surface area contributed by atoms with E-state index in [4.69, 9.17) is 16.3 Å². The molecule has 0 amide bonds. The number of nitrogens with zero attached hydrogens (tertiary/aromatic N) is 3. The topological polar surface area (TPSA) is 89.0 Å². The van der Waals surface area contributed by atoms with E-state index in [1.54, 1.807) is 18.2 Å². The molecule has 0 aliphatic rings. The van der Waals surface area contributed by atoms with Crippen LogP contribution in [0.25, 0.3) is 0 Å². The van der Waals surface area contributed by atoms with Crippen molar-refractivity contribution in [1.82, 2.24) is 15.2 Å². The van der Waals surface area contributed by atoms with E-state index in [1.165, 1.54) is 13.3 Å². The zero-order chi connectivity index (χ0) is 18.5. The van der Waals surface area contributed by atoms with Crippen LogP contribution >= 0.6 is 11.6 Å². The summed E-state index contributed by atoms with van der Waals surface area (Å²) >= 11 is 6.12. The minimum Gasteiger partial charge on any atom is -0.465 e. The van der Waals surface area contributed by atoms with Gasteiger partial charge in [0.1, 0.15) is 0 Å². The van der Waals surface area contributed by atoms with Crippen LogP contribution < -0.4 is 10.6 Å². The Hall–Kier alpha value is -3.19. The fourth-order valence-electron chi connectivity index (χ4n) is 2.27. The minimum absolute atomic E-state index is 0.324. The van der Waals surface area contributed by atoms with Crippen molar-refractivity contribution in [3.05, 3.63) is 64.8 Å². The summed E-state index contributed by atoms with van der Waals surface area (Å²) in [5.41, 5.74) is 2.80. The van der Waals surface area contributed by atoms with Gasteiger partial charge in [-0.25, -0.2) is 4.79 Å². The van der Waals surface area contributed by atoms with E-state index in [-0.39, 0.29) is 0 Å². The SMILES string of the molecule is COC(=O)c1cccc(Nc2cnnc(Nc3cccc(Cl)c3C)n2)c1. The molecule has 8 heteroatoms. The number of esters is 1. The van der Waals surface area contributed by atoms with Crippen LogP contribution in [-0.4, -0.2) is 28.3 Å². The first-order valence-electron chi connectivity index (χ1n) is 7.74. The molecule has 1 heterocycles. The molecule has 2 N–H and O–H groups in total. The number of carbonyl (C=O) groups is 1. The molecule has 132 valence electrons. The predicted molar refractivity (Wildman–Crippen MR) is 100 cm³/mol. The third-order valence-corrected chi connectivity index (χ3v) is 4.04. The van der Waals surface area contributed by atoms with E-state index < -0.39 is 5.97 Å². The molecule has 0 saturated carbocycles. The number of rotatable bonds is 5. The lowest BCUT2D eigenvalue weighted by Crippen LogP contribution is -2.04. The van der Waals surface area contributed by atoms with Crippen molar-refractivity contribution in [3.8, 4) is 0 Å². The van der Waals surface area contributed by atoms with Crippen molar-refractivity contribution >= 4 is 40.7 Å². The van der Waals surface area contributed by atoms with Crippen LogP contribution in [-0.2, 0) is 4.74 Å². The van der Waals surface area contributed by atoms with Crippen LogP contribution in [0.4, 0.5) is 23.1 Å². The van der Waals surface area contributed by atoms with Gasteiger partial charge in [-0.3, -0.25) is 0 Å². The second-order valence-electron chi connectivity index (χ2n) is 5.40. The zero-order valence-electron chi connectivity index (χ0n) is 14.2. The van der Waals surface area contributed by atoms with Crippen molar-refractivity contribution in [2.75, 3.05) is 17.7 Å². The fourth-order valence-corrected chi connectivity index (χ4v) is 2.44. The van der Waals surface area contributed by atoms with Crippen molar-refractivity contribution in [1.29, 1.82) is 0 Å². The molecule has 1 aromatic heterocycles. The van der Waals surface area contributed by atoms with Gasteiger partial charge in [-0.2, -0.15) is 10.1 Å². The van der Waals surface area contributed by atoms with E-state index in [0.717, 1.165) is 11.3 Å². The van der Waals surface area contributed by atoms with E-state index >= 15 is 0 Å². The molecule has 26 heavy (non-hydrogen) atoms. The third-order valence-electron chi connectivity index (χ3n) is 3.63. The number of anilines is 4. The largest absolute Gasteiger partial charge is 0.465 e. The van der Waals surface area contributed by atoms with Crippen LogP contribution in [0, 0.1) is 6.92 Å². The molecule has 3 rings (SSSR count). The lowest BCUT2D eigenvalue weighted by Gasteiger charge is -2.10. The molecular weight excluding hydrogens is 354 g/mol. The minimum atomic E-state index is -0.409. The zero-order valence-corrected chi connectivity index (χ0v) is 14.9. The molecule has 0 spiro atoms. The van der Waals surface area contributed by atoms with Gasteiger partial charge in [0.25, 0.3) is 0 Å². The monoisotopic (exact) mass is 369 g/mol. The van der Waals surface area contributed by atoms with Gasteiger partial charge in [0.05, 0.1) is 18.9 Å². The van der Waals surface area contributed by atoms with Gasteiger partial charge < -0.3 is 15.4 Å². The first-order valence-corrected chi connectivity index (χ1v) is 8.12. The highest BCUT2D eigenvalue weighted by atomic mass is 35.5. The molecule has 7 nitrogen and oxygen atoms in total. The maximum Gasteiger partial charge on any atom is 0.337 e. The van der Waals surface area contributed by atoms with Crippen LogP contribution in [0.3, 0.4) is 0 Å². The van der Waals surface area contributed by atoms with E-state index in [1.807, 2.05) is 31.2 Å². The number of halogens is 1. The maximum absolute atomic E-state index is 11.6. The van der Waals surface area contributed by atoms with Crippen LogP contribution in [0.15, 0.2) is 48.7 Å². The van der Waals surface area contributed by atoms with Gasteiger partial charge >= 0.3 is 5.97 Å². The molecule has 0 unspecified atom stereocenters. The molecule has 3 aromatic rings. The number of ether oxygens (including phenoxy) is 1. The highest BCUT2D eigenvalue weighted by molar-refractivity contribution is 6.31. The lowest BCUT2D eigenvalue weighted by molar-refractivity contribution is 0.0601.